The second kappa shape index (κ2) is 6.63. The number of ketones is 1. The zero-order chi connectivity index (χ0) is 14.7. The van der Waals surface area contributed by atoms with Gasteiger partial charge < -0.3 is 4.74 Å². The van der Waals surface area contributed by atoms with Crippen molar-refractivity contribution in [2.24, 2.45) is 0 Å². The standard InChI is InChI=1S/C17H17ClO2S/c18-14-9-12-6-7-20-17(12)13(10-14)11-15(19)3-1-4-16-5-2-8-21-16/h2,5,8-10H,1,3-4,6-7,11H2. The van der Waals surface area contributed by atoms with Gasteiger partial charge in [-0.2, -0.15) is 0 Å². The van der Waals surface area contributed by atoms with Crippen LogP contribution in [0.5, 0.6) is 5.75 Å². The molecule has 3 rings (SSSR count). The minimum absolute atomic E-state index is 0.256. The van der Waals surface area contributed by atoms with E-state index in [0.717, 1.165) is 36.1 Å². The first-order chi connectivity index (χ1) is 10.2. The van der Waals surface area contributed by atoms with E-state index >= 15 is 0 Å². The van der Waals surface area contributed by atoms with Gasteiger partial charge in [0.05, 0.1) is 6.61 Å². The lowest BCUT2D eigenvalue weighted by atomic mass is 10.0. The van der Waals surface area contributed by atoms with Crippen LogP contribution in [0.1, 0.15) is 28.8 Å². The number of halogens is 1. The van der Waals surface area contributed by atoms with Crippen molar-refractivity contribution in [1.82, 2.24) is 0 Å². The van der Waals surface area contributed by atoms with Gasteiger partial charge in [-0.3, -0.25) is 4.79 Å². The van der Waals surface area contributed by atoms with Gasteiger partial charge in [-0.05, 0) is 42.0 Å². The van der Waals surface area contributed by atoms with Crippen LogP contribution >= 0.6 is 22.9 Å². The summed E-state index contributed by atoms with van der Waals surface area (Å²) in [5.41, 5.74) is 2.07. The van der Waals surface area contributed by atoms with E-state index in [1.807, 2.05) is 12.1 Å². The van der Waals surface area contributed by atoms with Crippen molar-refractivity contribution < 1.29 is 9.53 Å². The van der Waals surface area contributed by atoms with Crippen LogP contribution in [-0.2, 0) is 24.1 Å². The fraction of sp³-hybridized carbons (Fsp3) is 0.353. The molecule has 0 amide bonds. The van der Waals surface area contributed by atoms with E-state index in [-0.39, 0.29) is 5.78 Å². The minimum atomic E-state index is 0.256. The second-order valence-electron chi connectivity index (χ2n) is 5.30. The molecule has 110 valence electrons. The monoisotopic (exact) mass is 320 g/mol. The van der Waals surface area contributed by atoms with Gasteiger partial charge in [-0.15, -0.1) is 11.3 Å². The van der Waals surface area contributed by atoms with Crippen LogP contribution in [0.2, 0.25) is 5.02 Å². The van der Waals surface area contributed by atoms with Crippen LogP contribution < -0.4 is 4.74 Å². The number of carbonyl (C=O) groups is 1. The van der Waals surface area contributed by atoms with Crippen LogP contribution in [0.15, 0.2) is 29.6 Å². The first-order valence-electron chi connectivity index (χ1n) is 7.20. The summed E-state index contributed by atoms with van der Waals surface area (Å²) in [6.45, 7) is 0.690. The van der Waals surface area contributed by atoms with Gasteiger partial charge in [0.15, 0.2) is 0 Å². The average molecular weight is 321 g/mol. The van der Waals surface area contributed by atoms with Crippen molar-refractivity contribution in [2.75, 3.05) is 6.61 Å². The number of Topliss-reactive ketones (excluding diaryl/α,β-unsaturated/α-hetero) is 1. The van der Waals surface area contributed by atoms with E-state index in [1.54, 1.807) is 11.3 Å². The predicted molar refractivity (Wildman–Crippen MR) is 86.6 cm³/mol. The van der Waals surface area contributed by atoms with E-state index in [9.17, 15) is 4.79 Å². The lowest BCUT2D eigenvalue weighted by Gasteiger charge is -2.08. The summed E-state index contributed by atoms with van der Waals surface area (Å²) < 4.78 is 5.64. The Kier molecular flexibility index (Phi) is 4.61. The number of carbonyl (C=O) groups excluding carboxylic acids is 1. The van der Waals surface area contributed by atoms with Crippen LogP contribution in [0, 0.1) is 0 Å². The molecule has 0 saturated carbocycles. The first kappa shape index (κ1) is 14.6. The molecule has 1 aliphatic rings. The highest BCUT2D eigenvalue weighted by molar-refractivity contribution is 7.09. The number of ether oxygens (including phenoxy) is 1. The van der Waals surface area contributed by atoms with Crippen molar-refractivity contribution >= 4 is 28.7 Å². The van der Waals surface area contributed by atoms with Crippen LogP contribution in [0.4, 0.5) is 0 Å². The molecule has 0 atom stereocenters. The molecule has 0 N–H and O–H groups in total. The molecule has 0 saturated heterocycles. The Hall–Kier alpha value is -1.32. The molecule has 4 heteroatoms. The smallest absolute Gasteiger partial charge is 0.137 e. The van der Waals surface area contributed by atoms with Crippen LogP contribution in [0.25, 0.3) is 0 Å². The molecule has 0 unspecified atom stereocenters. The normalized spacial score (nSPS) is 13.0. The topological polar surface area (TPSA) is 26.3 Å². The highest BCUT2D eigenvalue weighted by Gasteiger charge is 2.19. The summed E-state index contributed by atoms with van der Waals surface area (Å²) in [6.07, 6.45) is 3.80. The third kappa shape index (κ3) is 3.66. The van der Waals surface area contributed by atoms with E-state index in [0.29, 0.717) is 24.5 Å². The van der Waals surface area contributed by atoms with Crippen LogP contribution in [-0.4, -0.2) is 12.4 Å². The Labute approximate surface area is 133 Å². The van der Waals surface area contributed by atoms with Gasteiger partial charge >= 0.3 is 0 Å². The Bertz CT molecular complexity index is 634. The highest BCUT2D eigenvalue weighted by Crippen LogP contribution is 2.33. The number of aryl methyl sites for hydroxylation is 1. The SMILES string of the molecule is O=C(CCCc1cccs1)Cc1cc(Cl)cc2c1OCC2. The highest BCUT2D eigenvalue weighted by atomic mass is 35.5. The van der Waals surface area contributed by atoms with Gasteiger partial charge in [0.25, 0.3) is 0 Å². The van der Waals surface area contributed by atoms with Gasteiger partial charge in [0.2, 0.25) is 0 Å². The lowest BCUT2D eigenvalue weighted by Crippen LogP contribution is -2.04. The van der Waals surface area contributed by atoms with E-state index in [1.165, 1.54) is 4.88 Å². The van der Waals surface area contributed by atoms with E-state index < -0.39 is 0 Å². The summed E-state index contributed by atoms with van der Waals surface area (Å²) in [5.74, 6) is 1.14. The maximum Gasteiger partial charge on any atom is 0.137 e. The maximum absolute atomic E-state index is 12.2. The molecule has 0 aliphatic carbocycles. The van der Waals surface area contributed by atoms with Crippen molar-refractivity contribution in [3.63, 3.8) is 0 Å². The fourth-order valence-electron chi connectivity index (χ4n) is 2.69. The van der Waals surface area contributed by atoms with Gasteiger partial charge in [0.1, 0.15) is 11.5 Å². The summed E-state index contributed by atoms with van der Waals surface area (Å²) in [5, 5.41) is 2.77. The number of fused-ring (bicyclic) bond motifs is 1. The molecular formula is C17H17ClO2S. The Morgan fingerprint density at radius 1 is 1.38 bits per heavy atom. The fourth-order valence-corrected chi connectivity index (χ4v) is 3.71. The summed E-state index contributed by atoms with van der Waals surface area (Å²) in [6, 6.07) is 7.97. The Balaban J connectivity index is 1.58. The third-order valence-electron chi connectivity index (χ3n) is 3.67. The molecule has 0 radical (unpaired) electrons. The molecule has 2 aromatic rings. The Morgan fingerprint density at radius 3 is 3.10 bits per heavy atom. The summed E-state index contributed by atoms with van der Waals surface area (Å²) >= 11 is 7.87. The molecule has 2 heterocycles. The predicted octanol–water partition coefficient (Wildman–Crippen LogP) is 4.47. The van der Waals surface area contributed by atoms with E-state index in [2.05, 4.69) is 17.5 Å². The number of hydrogen-bond donors (Lipinski definition) is 0. The molecular weight excluding hydrogens is 304 g/mol. The zero-order valence-corrected chi connectivity index (χ0v) is 13.3. The average Bonchev–Trinajstić information content (AvgIpc) is 3.09. The quantitative estimate of drug-likeness (QED) is 0.785. The molecule has 0 spiro atoms. The first-order valence-corrected chi connectivity index (χ1v) is 8.46. The molecule has 0 fully saturated rings. The van der Waals surface area contributed by atoms with Crippen molar-refractivity contribution in [2.45, 2.75) is 32.1 Å². The molecule has 1 aromatic carbocycles. The van der Waals surface area contributed by atoms with Gasteiger partial charge in [-0.25, -0.2) is 0 Å². The molecule has 0 bridgehead atoms. The lowest BCUT2D eigenvalue weighted by molar-refractivity contribution is -0.118. The Morgan fingerprint density at radius 2 is 2.29 bits per heavy atom. The van der Waals surface area contributed by atoms with Gasteiger partial charge in [-0.1, -0.05) is 17.7 Å². The molecule has 1 aliphatic heterocycles. The largest absolute Gasteiger partial charge is 0.493 e. The molecule has 1 aromatic heterocycles. The number of benzene rings is 1. The summed E-state index contributed by atoms with van der Waals surface area (Å²) in [4.78, 5) is 13.5. The van der Waals surface area contributed by atoms with Crippen LogP contribution in [0.3, 0.4) is 0 Å². The maximum atomic E-state index is 12.2. The number of rotatable bonds is 6. The minimum Gasteiger partial charge on any atom is -0.493 e. The van der Waals surface area contributed by atoms with E-state index in [4.69, 9.17) is 16.3 Å². The van der Waals surface area contributed by atoms with Crippen molar-refractivity contribution in [1.29, 1.82) is 0 Å². The third-order valence-corrected chi connectivity index (χ3v) is 4.83. The number of hydrogen-bond acceptors (Lipinski definition) is 3. The molecule has 21 heavy (non-hydrogen) atoms. The second-order valence-corrected chi connectivity index (χ2v) is 6.77. The molecule has 2 nitrogen and oxygen atoms in total. The van der Waals surface area contributed by atoms with Crippen molar-refractivity contribution in [3.05, 3.63) is 50.7 Å². The zero-order valence-electron chi connectivity index (χ0n) is 11.7. The van der Waals surface area contributed by atoms with Gasteiger partial charge in [0, 0.05) is 34.7 Å². The number of thiophene rings is 1. The van der Waals surface area contributed by atoms with Crippen molar-refractivity contribution in [3.8, 4) is 5.75 Å². The summed E-state index contributed by atoms with van der Waals surface area (Å²) in [7, 11) is 0.